The molecule has 1 heterocycles. The summed E-state index contributed by atoms with van der Waals surface area (Å²) >= 11 is 0. The maximum atomic E-state index is 10.7. The first-order valence-corrected chi connectivity index (χ1v) is 5.65. The van der Waals surface area contributed by atoms with E-state index < -0.39 is 5.97 Å². The van der Waals surface area contributed by atoms with Crippen LogP contribution in [0.2, 0.25) is 0 Å². The first-order valence-electron chi connectivity index (χ1n) is 5.65. The van der Waals surface area contributed by atoms with Crippen LogP contribution in [0.25, 0.3) is 0 Å². The fourth-order valence-electron chi connectivity index (χ4n) is 1.63. The maximum Gasteiger partial charge on any atom is 0.354 e. The average molecular weight is 220 g/mol. The molecule has 4 nitrogen and oxygen atoms in total. The molecule has 4 heteroatoms. The van der Waals surface area contributed by atoms with E-state index in [9.17, 15) is 4.79 Å². The zero-order valence-electron chi connectivity index (χ0n) is 9.15. The zero-order valence-corrected chi connectivity index (χ0v) is 9.15. The third-order valence-electron chi connectivity index (χ3n) is 2.76. The van der Waals surface area contributed by atoms with Gasteiger partial charge in [-0.3, -0.25) is 0 Å². The molecule has 0 bridgehead atoms. The number of carboxylic acid groups (broad SMARTS) is 1. The summed E-state index contributed by atoms with van der Waals surface area (Å²) in [5.74, 6) is -0.0503. The Labute approximate surface area is 94.7 Å². The SMILES string of the molecule is O=C(O)c1cccc(CNCCC2CC2)n1. The third-order valence-corrected chi connectivity index (χ3v) is 2.76. The summed E-state index contributed by atoms with van der Waals surface area (Å²) < 4.78 is 0. The molecular formula is C12H16N2O2. The molecule has 0 unspecified atom stereocenters. The van der Waals surface area contributed by atoms with Crippen molar-refractivity contribution in [3.63, 3.8) is 0 Å². The average Bonchev–Trinajstić information content (AvgIpc) is 3.09. The Kier molecular flexibility index (Phi) is 3.51. The molecule has 0 aliphatic heterocycles. The van der Waals surface area contributed by atoms with Crippen LogP contribution in [-0.4, -0.2) is 22.6 Å². The van der Waals surface area contributed by atoms with Gasteiger partial charge in [-0.1, -0.05) is 18.9 Å². The van der Waals surface area contributed by atoms with Crippen molar-refractivity contribution in [2.75, 3.05) is 6.54 Å². The predicted octanol–water partition coefficient (Wildman–Crippen LogP) is 1.67. The highest BCUT2D eigenvalue weighted by atomic mass is 16.4. The van der Waals surface area contributed by atoms with E-state index in [4.69, 9.17) is 5.11 Å². The van der Waals surface area contributed by atoms with Crippen LogP contribution in [-0.2, 0) is 6.54 Å². The quantitative estimate of drug-likeness (QED) is 0.716. The molecule has 1 aliphatic rings. The van der Waals surface area contributed by atoms with Crippen LogP contribution in [0.5, 0.6) is 0 Å². The number of hydrogen-bond acceptors (Lipinski definition) is 3. The summed E-state index contributed by atoms with van der Waals surface area (Å²) in [6.07, 6.45) is 3.96. The van der Waals surface area contributed by atoms with Crippen LogP contribution < -0.4 is 5.32 Å². The van der Waals surface area contributed by atoms with Gasteiger partial charge in [0, 0.05) is 6.54 Å². The van der Waals surface area contributed by atoms with Gasteiger partial charge in [-0.2, -0.15) is 0 Å². The highest BCUT2D eigenvalue weighted by Crippen LogP contribution is 2.31. The van der Waals surface area contributed by atoms with Crippen LogP contribution in [0.1, 0.15) is 35.4 Å². The molecular weight excluding hydrogens is 204 g/mol. The number of nitrogens with zero attached hydrogens (tertiary/aromatic N) is 1. The monoisotopic (exact) mass is 220 g/mol. The maximum absolute atomic E-state index is 10.7. The molecule has 0 saturated heterocycles. The molecule has 1 aliphatic carbocycles. The van der Waals surface area contributed by atoms with Crippen molar-refractivity contribution in [2.24, 2.45) is 5.92 Å². The van der Waals surface area contributed by atoms with Crippen molar-refractivity contribution in [1.29, 1.82) is 0 Å². The molecule has 2 rings (SSSR count). The lowest BCUT2D eigenvalue weighted by Crippen LogP contribution is -2.16. The second-order valence-corrected chi connectivity index (χ2v) is 4.23. The normalized spacial score (nSPS) is 15.0. The first-order chi connectivity index (χ1) is 7.75. The second-order valence-electron chi connectivity index (χ2n) is 4.23. The van der Waals surface area contributed by atoms with Gasteiger partial charge in [0.15, 0.2) is 0 Å². The number of pyridine rings is 1. The van der Waals surface area contributed by atoms with Gasteiger partial charge in [0.25, 0.3) is 0 Å². The van der Waals surface area contributed by atoms with Gasteiger partial charge in [0.2, 0.25) is 0 Å². The lowest BCUT2D eigenvalue weighted by molar-refractivity contribution is 0.0690. The molecule has 16 heavy (non-hydrogen) atoms. The van der Waals surface area contributed by atoms with Gasteiger partial charge in [0.1, 0.15) is 5.69 Å². The molecule has 1 aromatic heterocycles. The molecule has 1 saturated carbocycles. The predicted molar refractivity (Wildman–Crippen MR) is 60.2 cm³/mol. The molecule has 1 fully saturated rings. The first kappa shape index (κ1) is 11.1. The van der Waals surface area contributed by atoms with E-state index in [-0.39, 0.29) is 5.69 Å². The number of nitrogens with one attached hydrogen (secondary N) is 1. The Hall–Kier alpha value is -1.42. The Balaban J connectivity index is 1.78. The van der Waals surface area contributed by atoms with Crippen molar-refractivity contribution >= 4 is 5.97 Å². The smallest absolute Gasteiger partial charge is 0.354 e. The van der Waals surface area contributed by atoms with E-state index in [1.807, 2.05) is 6.07 Å². The summed E-state index contributed by atoms with van der Waals surface area (Å²) in [6.45, 7) is 1.64. The molecule has 2 N–H and O–H groups in total. The van der Waals surface area contributed by atoms with Gasteiger partial charge in [0.05, 0.1) is 5.69 Å². The van der Waals surface area contributed by atoms with Crippen molar-refractivity contribution in [3.05, 3.63) is 29.6 Å². The largest absolute Gasteiger partial charge is 0.477 e. The van der Waals surface area contributed by atoms with Crippen LogP contribution >= 0.6 is 0 Å². The van der Waals surface area contributed by atoms with Gasteiger partial charge in [-0.05, 0) is 31.0 Å². The van der Waals surface area contributed by atoms with Crippen molar-refractivity contribution in [2.45, 2.75) is 25.8 Å². The summed E-state index contributed by atoms with van der Waals surface area (Å²) in [5.41, 5.74) is 0.900. The molecule has 0 aromatic carbocycles. The molecule has 0 radical (unpaired) electrons. The third kappa shape index (κ3) is 3.31. The second kappa shape index (κ2) is 5.07. The van der Waals surface area contributed by atoms with Gasteiger partial charge >= 0.3 is 5.97 Å². The van der Waals surface area contributed by atoms with E-state index in [1.54, 1.807) is 6.07 Å². The fraction of sp³-hybridized carbons (Fsp3) is 0.500. The Morgan fingerprint density at radius 3 is 3.00 bits per heavy atom. The van der Waals surface area contributed by atoms with Gasteiger partial charge < -0.3 is 10.4 Å². The van der Waals surface area contributed by atoms with Gasteiger partial charge in [-0.15, -0.1) is 0 Å². The fourth-order valence-corrected chi connectivity index (χ4v) is 1.63. The van der Waals surface area contributed by atoms with E-state index >= 15 is 0 Å². The van der Waals surface area contributed by atoms with E-state index in [2.05, 4.69) is 10.3 Å². The molecule has 86 valence electrons. The van der Waals surface area contributed by atoms with Gasteiger partial charge in [-0.25, -0.2) is 9.78 Å². The summed E-state index contributed by atoms with van der Waals surface area (Å²) in [7, 11) is 0. The number of aromatic carboxylic acids is 1. The topological polar surface area (TPSA) is 62.2 Å². The number of hydrogen-bond donors (Lipinski definition) is 2. The lowest BCUT2D eigenvalue weighted by Gasteiger charge is -2.04. The lowest BCUT2D eigenvalue weighted by atomic mass is 10.2. The van der Waals surface area contributed by atoms with E-state index in [0.29, 0.717) is 6.54 Å². The number of carboxylic acids is 1. The summed E-state index contributed by atoms with van der Waals surface area (Å²) in [5, 5.41) is 12.1. The highest BCUT2D eigenvalue weighted by molar-refractivity contribution is 5.85. The molecule has 0 atom stereocenters. The van der Waals surface area contributed by atoms with E-state index in [0.717, 1.165) is 18.2 Å². The molecule has 0 spiro atoms. The molecule has 1 aromatic rings. The van der Waals surface area contributed by atoms with Crippen LogP contribution in [0, 0.1) is 5.92 Å². The van der Waals surface area contributed by atoms with Crippen molar-refractivity contribution in [1.82, 2.24) is 10.3 Å². The van der Waals surface area contributed by atoms with Crippen molar-refractivity contribution in [3.8, 4) is 0 Å². The summed E-state index contributed by atoms with van der Waals surface area (Å²) in [6, 6.07) is 5.08. The number of rotatable bonds is 6. The highest BCUT2D eigenvalue weighted by Gasteiger charge is 2.19. The van der Waals surface area contributed by atoms with Crippen LogP contribution in [0.3, 0.4) is 0 Å². The van der Waals surface area contributed by atoms with E-state index in [1.165, 1.54) is 25.3 Å². The number of aromatic nitrogens is 1. The van der Waals surface area contributed by atoms with Crippen LogP contribution in [0.4, 0.5) is 0 Å². The minimum atomic E-state index is -0.972. The van der Waals surface area contributed by atoms with Crippen molar-refractivity contribution < 1.29 is 9.90 Å². The number of carbonyl (C=O) groups is 1. The summed E-state index contributed by atoms with van der Waals surface area (Å²) in [4.78, 5) is 14.7. The Morgan fingerprint density at radius 1 is 1.50 bits per heavy atom. The standard InChI is InChI=1S/C12H16N2O2/c15-12(16)11-3-1-2-10(14-11)8-13-7-6-9-4-5-9/h1-3,9,13H,4-8H2,(H,15,16). The zero-order chi connectivity index (χ0) is 11.4. The minimum absolute atomic E-state index is 0.112. The van der Waals surface area contributed by atoms with Crippen LogP contribution in [0.15, 0.2) is 18.2 Å². The minimum Gasteiger partial charge on any atom is -0.477 e. The molecule has 0 amide bonds. The Morgan fingerprint density at radius 2 is 2.31 bits per heavy atom. The Bertz CT molecular complexity index is 375.